The van der Waals surface area contributed by atoms with Gasteiger partial charge >= 0.3 is 0 Å². The molecule has 17 heavy (non-hydrogen) atoms. The van der Waals surface area contributed by atoms with Gasteiger partial charge in [0.25, 0.3) is 0 Å². The number of fused-ring (bicyclic) bond motifs is 1. The Morgan fingerprint density at radius 1 is 1.24 bits per heavy atom. The summed E-state index contributed by atoms with van der Waals surface area (Å²) in [6, 6.07) is 8.36. The number of aryl methyl sites for hydroxylation is 1. The predicted octanol–water partition coefficient (Wildman–Crippen LogP) is 3.07. The molecule has 1 N–H and O–H groups in total. The Hall–Kier alpha value is -2.23. The molecule has 0 aliphatic carbocycles. The van der Waals surface area contributed by atoms with Crippen LogP contribution < -0.4 is 0 Å². The van der Waals surface area contributed by atoms with Gasteiger partial charge in [0.1, 0.15) is 11.6 Å². The highest BCUT2D eigenvalue weighted by molar-refractivity contribution is 5.89. The van der Waals surface area contributed by atoms with Crippen molar-refractivity contribution in [2.45, 2.75) is 6.92 Å². The maximum atomic E-state index is 13.2. The molecule has 2 heterocycles. The summed E-state index contributed by atoms with van der Waals surface area (Å²) in [5, 5.41) is 0. The number of hydrogen-bond acceptors (Lipinski definition) is 2. The molecule has 0 unspecified atom stereocenters. The molecule has 0 amide bonds. The Labute approximate surface area is 97.3 Å². The third kappa shape index (κ3) is 1.67. The molecule has 3 nitrogen and oxygen atoms in total. The van der Waals surface area contributed by atoms with Crippen molar-refractivity contribution in [3.05, 3.63) is 48.2 Å². The summed E-state index contributed by atoms with van der Waals surface area (Å²) in [6.45, 7) is 1.87. The lowest BCUT2D eigenvalue weighted by Gasteiger charge is -2.02. The van der Waals surface area contributed by atoms with Crippen LogP contribution in [-0.2, 0) is 0 Å². The van der Waals surface area contributed by atoms with Crippen molar-refractivity contribution in [1.29, 1.82) is 0 Å². The zero-order valence-electron chi connectivity index (χ0n) is 9.24. The molecule has 3 rings (SSSR count). The Balaban J connectivity index is 2.30. The standard InChI is InChI=1S/C13H10FN3/c1-8-16-12-11(5-6-15-13(12)17-8)9-3-2-4-10(14)7-9/h2-7H,1H3,(H,15,16,17). The van der Waals surface area contributed by atoms with Gasteiger partial charge < -0.3 is 4.98 Å². The van der Waals surface area contributed by atoms with Crippen molar-refractivity contribution < 1.29 is 4.39 Å². The van der Waals surface area contributed by atoms with Gasteiger partial charge in [-0.1, -0.05) is 12.1 Å². The molecule has 0 aliphatic heterocycles. The minimum atomic E-state index is -0.247. The van der Waals surface area contributed by atoms with E-state index in [9.17, 15) is 4.39 Å². The summed E-state index contributed by atoms with van der Waals surface area (Å²) in [6.07, 6.45) is 1.68. The number of aromatic amines is 1. The van der Waals surface area contributed by atoms with Crippen molar-refractivity contribution >= 4 is 11.2 Å². The highest BCUT2D eigenvalue weighted by atomic mass is 19.1. The molecule has 1 aromatic carbocycles. The smallest absolute Gasteiger partial charge is 0.178 e. The second-order valence-electron chi connectivity index (χ2n) is 3.89. The second kappa shape index (κ2) is 3.66. The number of benzene rings is 1. The second-order valence-corrected chi connectivity index (χ2v) is 3.89. The first-order valence-electron chi connectivity index (χ1n) is 5.31. The summed E-state index contributed by atoms with van der Waals surface area (Å²) < 4.78 is 13.2. The molecular formula is C13H10FN3. The van der Waals surface area contributed by atoms with Crippen LogP contribution in [-0.4, -0.2) is 15.0 Å². The molecule has 0 bridgehead atoms. The van der Waals surface area contributed by atoms with Crippen molar-refractivity contribution in [2.75, 3.05) is 0 Å². The summed E-state index contributed by atoms with van der Waals surface area (Å²) in [7, 11) is 0. The number of hydrogen-bond donors (Lipinski definition) is 1. The van der Waals surface area contributed by atoms with Gasteiger partial charge in [-0.25, -0.2) is 14.4 Å². The Morgan fingerprint density at radius 2 is 2.12 bits per heavy atom. The summed E-state index contributed by atoms with van der Waals surface area (Å²) in [5.74, 6) is 0.556. The Kier molecular flexibility index (Phi) is 2.14. The minimum absolute atomic E-state index is 0.247. The van der Waals surface area contributed by atoms with Crippen molar-refractivity contribution in [3.8, 4) is 11.1 Å². The first-order chi connectivity index (χ1) is 8.24. The number of nitrogens with zero attached hydrogens (tertiary/aromatic N) is 2. The highest BCUT2D eigenvalue weighted by Crippen LogP contribution is 2.26. The van der Waals surface area contributed by atoms with Crippen LogP contribution >= 0.6 is 0 Å². The van der Waals surface area contributed by atoms with E-state index in [0.717, 1.165) is 22.5 Å². The predicted molar refractivity (Wildman–Crippen MR) is 64.0 cm³/mol. The van der Waals surface area contributed by atoms with Crippen LogP contribution in [0.15, 0.2) is 36.5 Å². The molecule has 0 atom stereocenters. The van der Waals surface area contributed by atoms with Crippen LogP contribution in [0, 0.1) is 12.7 Å². The van der Waals surface area contributed by atoms with Gasteiger partial charge in [0.2, 0.25) is 0 Å². The topological polar surface area (TPSA) is 41.6 Å². The van der Waals surface area contributed by atoms with E-state index in [4.69, 9.17) is 0 Å². The fourth-order valence-corrected chi connectivity index (χ4v) is 1.92. The van der Waals surface area contributed by atoms with Crippen molar-refractivity contribution in [1.82, 2.24) is 15.0 Å². The van der Waals surface area contributed by atoms with Crippen molar-refractivity contribution in [3.63, 3.8) is 0 Å². The third-order valence-corrected chi connectivity index (χ3v) is 2.65. The fourth-order valence-electron chi connectivity index (χ4n) is 1.92. The third-order valence-electron chi connectivity index (χ3n) is 2.65. The maximum Gasteiger partial charge on any atom is 0.178 e. The van der Waals surface area contributed by atoms with Crippen LogP contribution in [0.5, 0.6) is 0 Å². The van der Waals surface area contributed by atoms with Gasteiger partial charge in [-0.3, -0.25) is 0 Å². The van der Waals surface area contributed by atoms with E-state index < -0.39 is 0 Å². The lowest BCUT2D eigenvalue weighted by molar-refractivity contribution is 0.628. The largest absolute Gasteiger partial charge is 0.340 e. The van der Waals surface area contributed by atoms with Crippen LogP contribution in [0.2, 0.25) is 0 Å². The van der Waals surface area contributed by atoms with Crippen LogP contribution in [0.1, 0.15) is 5.82 Å². The number of imidazole rings is 1. The number of rotatable bonds is 1. The molecule has 4 heteroatoms. The van der Waals surface area contributed by atoms with Gasteiger partial charge in [0, 0.05) is 11.8 Å². The van der Waals surface area contributed by atoms with Gasteiger partial charge in [-0.2, -0.15) is 0 Å². The van der Waals surface area contributed by atoms with E-state index in [2.05, 4.69) is 15.0 Å². The van der Waals surface area contributed by atoms with Gasteiger partial charge in [0.15, 0.2) is 5.65 Å². The lowest BCUT2D eigenvalue weighted by atomic mass is 10.1. The lowest BCUT2D eigenvalue weighted by Crippen LogP contribution is -1.84. The van der Waals surface area contributed by atoms with E-state index in [1.807, 2.05) is 19.1 Å². The zero-order valence-corrected chi connectivity index (χ0v) is 9.24. The molecule has 0 saturated heterocycles. The molecule has 0 aliphatic rings. The molecule has 0 radical (unpaired) electrons. The van der Waals surface area contributed by atoms with Crippen LogP contribution in [0.4, 0.5) is 4.39 Å². The SMILES string of the molecule is Cc1nc2nccc(-c3cccc(F)c3)c2[nH]1. The Morgan fingerprint density at radius 3 is 2.94 bits per heavy atom. The molecule has 0 spiro atoms. The Bertz CT molecular complexity index is 688. The number of nitrogens with one attached hydrogen (secondary N) is 1. The normalized spacial score (nSPS) is 10.9. The molecule has 84 valence electrons. The molecule has 0 fully saturated rings. The van der Waals surface area contributed by atoms with E-state index in [1.54, 1.807) is 12.3 Å². The zero-order chi connectivity index (χ0) is 11.8. The minimum Gasteiger partial charge on any atom is -0.340 e. The van der Waals surface area contributed by atoms with Gasteiger partial charge in [0.05, 0.1) is 5.52 Å². The first-order valence-corrected chi connectivity index (χ1v) is 5.31. The highest BCUT2D eigenvalue weighted by Gasteiger charge is 2.08. The van der Waals surface area contributed by atoms with E-state index in [-0.39, 0.29) is 5.82 Å². The van der Waals surface area contributed by atoms with E-state index in [1.165, 1.54) is 12.1 Å². The molecule has 2 aromatic heterocycles. The van der Waals surface area contributed by atoms with Gasteiger partial charge in [-0.05, 0) is 30.7 Å². The summed E-state index contributed by atoms with van der Waals surface area (Å²) in [5.41, 5.74) is 3.23. The summed E-state index contributed by atoms with van der Waals surface area (Å²) in [4.78, 5) is 11.6. The number of halogens is 1. The average molecular weight is 227 g/mol. The number of aromatic nitrogens is 3. The monoisotopic (exact) mass is 227 g/mol. The first kappa shape index (κ1) is 9.96. The maximum absolute atomic E-state index is 13.2. The molecule has 0 saturated carbocycles. The van der Waals surface area contributed by atoms with Crippen LogP contribution in [0.25, 0.3) is 22.3 Å². The summed E-state index contributed by atoms with van der Waals surface area (Å²) >= 11 is 0. The number of H-pyrrole nitrogens is 1. The van der Waals surface area contributed by atoms with Crippen molar-refractivity contribution in [2.24, 2.45) is 0 Å². The van der Waals surface area contributed by atoms with E-state index >= 15 is 0 Å². The van der Waals surface area contributed by atoms with Crippen LogP contribution in [0.3, 0.4) is 0 Å². The molecular weight excluding hydrogens is 217 g/mol. The molecule has 3 aromatic rings. The van der Waals surface area contributed by atoms with Gasteiger partial charge in [-0.15, -0.1) is 0 Å². The fraction of sp³-hybridized carbons (Fsp3) is 0.0769. The van der Waals surface area contributed by atoms with E-state index in [0.29, 0.717) is 5.65 Å². The number of pyridine rings is 1. The average Bonchev–Trinajstić information content (AvgIpc) is 2.68. The quantitative estimate of drug-likeness (QED) is 0.694.